The van der Waals surface area contributed by atoms with Gasteiger partial charge in [0.25, 0.3) is 0 Å². The third-order valence-corrected chi connectivity index (χ3v) is 7.03. The van der Waals surface area contributed by atoms with E-state index in [9.17, 15) is 18.0 Å². The fraction of sp³-hybridized carbons (Fsp3) is 0.550. The Hall–Kier alpha value is -2.86. The highest BCUT2D eigenvalue weighted by atomic mass is 32.2. The summed E-state index contributed by atoms with van der Waals surface area (Å²) in [5.41, 5.74) is 0.868. The van der Waals surface area contributed by atoms with Crippen LogP contribution in [-0.2, 0) is 29.1 Å². The van der Waals surface area contributed by atoms with Crippen LogP contribution < -0.4 is 4.72 Å². The zero-order chi connectivity index (χ0) is 23.3. The molecule has 1 fully saturated rings. The number of hydrogen-bond donors (Lipinski definition) is 1. The van der Waals surface area contributed by atoms with Crippen LogP contribution in [0.4, 0.5) is 0 Å². The topological polar surface area (TPSA) is 142 Å². The summed E-state index contributed by atoms with van der Waals surface area (Å²) < 4.78 is 39.6. The van der Waals surface area contributed by atoms with Crippen LogP contribution in [0.15, 0.2) is 29.2 Å². The lowest BCUT2D eigenvalue weighted by Crippen LogP contribution is -2.49. The molecule has 1 N–H and O–H groups in total. The zero-order valence-electron chi connectivity index (χ0n) is 18.2. The van der Waals surface area contributed by atoms with E-state index in [0.717, 1.165) is 51.9 Å². The number of nitrogens with zero attached hydrogens (tertiary/aromatic N) is 4. The number of aromatic nitrogens is 4. The van der Waals surface area contributed by atoms with Gasteiger partial charge in [-0.05, 0) is 42.3 Å². The molecule has 0 spiro atoms. The molecule has 174 valence electrons. The molecule has 1 saturated carbocycles. The Bertz CT molecular complexity index is 1050. The number of rotatable bonds is 8. The summed E-state index contributed by atoms with van der Waals surface area (Å²) in [6, 6.07) is 4.38. The molecule has 3 rings (SSSR count). The molecule has 0 aliphatic heterocycles. The van der Waals surface area contributed by atoms with Gasteiger partial charge in [-0.15, -0.1) is 5.10 Å². The van der Waals surface area contributed by atoms with E-state index in [0.29, 0.717) is 0 Å². The van der Waals surface area contributed by atoms with Gasteiger partial charge in [-0.3, -0.25) is 9.59 Å². The second kappa shape index (κ2) is 10.2. The van der Waals surface area contributed by atoms with E-state index in [2.05, 4.69) is 20.2 Å². The molecular formula is C20H27N5O6S. The summed E-state index contributed by atoms with van der Waals surface area (Å²) in [6.45, 7) is 1.82. The van der Waals surface area contributed by atoms with Crippen molar-refractivity contribution < 1.29 is 27.5 Å². The first kappa shape index (κ1) is 23.8. The van der Waals surface area contributed by atoms with E-state index in [4.69, 9.17) is 9.47 Å². The summed E-state index contributed by atoms with van der Waals surface area (Å²) in [4.78, 5) is 25.4. The molecular weight excluding hydrogens is 438 g/mol. The molecule has 0 saturated heterocycles. The maximum atomic E-state index is 13.0. The maximum Gasteiger partial charge on any atom is 0.325 e. The van der Waals surface area contributed by atoms with Crippen molar-refractivity contribution in [3.8, 4) is 0 Å². The lowest BCUT2D eigenvalue weighted by Gasteiger charge is -2.27. The Morgan fingerprint density at radius 3 is 2.28 bits per heavy atom. The minimum atomic E-state index is -4.18. The number of nitrogens with one attached hydrogen (secondary N) is 1. The van der Waals surface area contributed by atoms with Gasteiger partial charge < -0.3 is 9.47 Å². The Kier molecular flexibility index (Phi) is 7.56. The fourth-order valence-corrected chi connectivity index (χ4v) is 5.04. The van der Waals surface area contributed by atoms with Crippen molar-refractivity contribution in [2.45, 2.75) is 61.9 Å². The number of esters is 2. The van der Waals surface area contributed by atoms with Gasteiger partial charge in [0.2, 0.25) is 10.0 Å². The van der Waals surface area contributed by atoms with Gasteiger partial charge in [-0.1, -0.05) is 37.0 Å². The second-order valence-electron chi connectivity index (χ2n) is 7.71. The SMILES string of the molecule is COC(=O)C(NS(=O)(=O)c1ccc(C)cc1)C(C(=O)OC)c1nnnn1C1CCCCC1. The number of sulfonamides is 1. The van der Waals surface area contributed by atoms with Gasteiger partial charge >= 0.3 is 11.9 Å². The van der Waals surface area contributed by atoms with Crippen molar-refractivity contribution in [3.63, 3.8) is 0 Å². The molecule has 0 amide bonds. The van der Waals surface area contributed by atoms with Gasteiger partial charge in [0.15, 0.2) is 5.82 Å². The molecule has 2 unspecified atom stereocenters. The van der Waals surface area contributed by atoms with Gasteiger partial charge in [0, 0.05) is 0 Å². The van der Waals surface area contributed by atoms with Crippen molar-refractivity contribution in [2.75, 3.05) is 14.2 Å². The number of carbonyl (C=O) groups is 2. The summed E-state index contributed by atoms with van der Waals surface area (Å²) >= 11 is 0. The van der Waals surface area contributed by atoms with E-state index in [1.165, 1.54) is 16.8 Å². The van der Waals surface area contributed by atoms with Crippen LogP contribution in [0.25, 0.3) is 0 Å². The number of aryl methyl sites for hydroxylation is 1. The predicted molar refractivity (Wildman–Crippen MR) is 112 cm³/mol. The van der Waals surface area contributed by atoms with Gasteiger partial charge in [-0.25, -0.2) is 13.1 Å². The van der Waals surface area contributed by atoms with Gasteiger partial charge in [0.05, 0.1) is 25.2 Å². The molecule has 1 aliphatic carbocycles. The summed E-state index contributed by atoms with van der Waals surface area (Å²) in [5.74, 6) is -3.22. The minimum Gasteiger partial charge on any atom is -0.468 e. The van der Waals surface area contributed by atoms with Crippen molar-refractivity contribution in [1.29, 1.82) is 0 Å². The van der Waals surface area contributed by atoms with Crippen molar-refractivity contribution in [1.82, 2.24) is 24.9 Å². The van der Waals surface area contributed by atoms with Crippen LogP contribution in [0.5, 0.6) is 0 Å². The van der Waals surface area contributed by atoms with Crippen LogP contribution >= 0.6 is 0 Å². The minimum absolute atomic E-state index is 0.0470. The first-order chi connectivity index (χ1) is 15.3. The molecule has 0 bridgehead atoms. The smallest absolute Gasteiger partial charge is 0.325 e. The molecule has 1 aromatic carbocycles. The van der Waals surface area contributed by atoms with E-state index in [1.54, 1.807) is 12.1 Å². The Morgan fingerprint density at radius 2 is 1.69 bits per heavy atom. The van der Waals surface area contributed by atoms with Gasteiger partial charge in [-0.2, -0.15) is 4.72 Å². The molecule has 0 radical (unpaired) electrons. The highest BCUT2D eigenvalue weighted by Crippen LogP contribution is 2.31. The fourth-order valence-electron chi connectivity index (χ4n) is 3.84. The lowest BCUT2D eigenvalue weighted by molar-refractivity contribution is -0.151. The van der Waals surface area contributed by atoms with Crippen LogP contribution in [-0.4, -0.2) is 60.8 Å². The van der Waals surface area contributed by atoms with Crippen LogP contribution in [0.2, 0.25) is 0 Å². The van der Waals surface area contributed by atoms with Crippen LogP contribution in [0, 0.1) is 6.92 Å². The molecule has 2 atom stereocenters. The van der Waals surface area contributed by atoms with E-state index in [1.807, 2.05) is 6.92 Å². The Balaban J connectivity index is 2.03. The summed E-state index contributed by atoms with van der Waals surface area (Å²) in [7, 11) is -1.93. The third kappa shape index (κ3) is 5.13. The summed E-state index contributed by atoms with van der Waals surface area (Å²) in [6.07, 6.45) is 4.67. The first-order valence-corrected chi connectivity index (χ1v) is 11.8. The maximum absolute atomic E-state index is 13.0. The standard InChI is InChI=1S/C20H27N5O6S/c1-13-9-11-15(12-10-13)32(28,29)22-17(20(27)31-3)16(19(26)30-2)18-21-23-24-25(18)14-7-5-4-6-8-14/h9-12,14,16-17,22H,4-8H2,1-3H3. The van der Waals surface area contributed by atoms with Crippen LogP contribution in [0.1, 0.15) is 55.5 Å². The molecule has 1 heterocycles. The molecule has 12 heteroatoms. The number of carbonyl (C=O) groups excluding carboxylic acids is 2. The predicted octanol–water partition coefficient (Wildman–Crippen LogP) is 1.26. The number of hydrogen-bond acceptors (Lipinski definition) is 9. The summed E-state index contributed by atoms with van der Waals surface area (Å²) in [5, 5.41) is 11.7. The molecule has 2 aromatic rings. The zero-order valence-corrected chi connectivity index (χ0v) is 19.0. The number of benzene rings is 1. The highest BCUT2D eigenvalue weighted by molar-refractivity contribution is 7.89. The molecule has 11 nitrogen and oxygen atoms in total. The highest BCUT2D eigenvalue weighted by Gasteiger charge is 2.44. The van der Waals surface area contributed by atoms with E-state index < -0.39 is 33.9 Å². The van der Waals surface area contributed by atoms with Crippen molar-refractivity contribution in [2.24, 2.45) is 0 Å². The van der Waals surface area contributed by atoms with Gasteiger partial charge in [0.1, 0.15) is 12.0 Å². The second-order valence-corrected chi connectivity index (χ2v) is 9.42. The average Bonchev–Trinajstić information content (AvgIpc) is 3.28. The number of methoxy groups -OCH3 is 2. The van der Waals surface area contributed by atoms with Crippen LogP contribution in [0.3, 0.4) is 0 Å². The Labute approximate surface area is 186 Å². The van der Waals surface area contributed by atoms with Crippen molar-refractivity contribution >= 4 is 22.0 Å². The average molecular weight is 466 g/mol. The monoisotopic (exact) mass is 465 g/mol. The number of ether oxygens (including phenoxy) is 2. The first-order valence-electron chi connectivity index (χ1n) is 10.3. The lowest BCUT2D eigenvalue weighted by atomic mass is 9.94. The van der Waals surface area contributed by atoms with E-state index >= 15 is 0 Å². The molecule has 1 aliphatic rings. The van der Waals surface area contributed by atoms with E-state index in [-0.39, 0.29) is 16.8 Å². The third-order valence-electron chi connectivity index (χ3n) is 5.57. The molecule has 32 heavy (non-hydrogen) atoms. The molecule has 1 aromatic heterocycles. The Morgan fingerprint density at radius 1 is 1.06 bits per heavy atom. The largest absolute Gasteiger partial charge is 0.468 e. The quantitative estimate of drug-likeness (QED) is 0.570. The number of tetrazole rings is 1. The van der Waals surface area contributed by atoms with Crippen molar-refractivity contribution in [3.05, 3.63) is 35.7 Å². The normalized spacial score (nSPS) is 16.8.